The van der Waals surface area contributed by atoms with Crippen molar-refractivity contribution in [2.75, 3.05) is 13.7 Å². The average Bonchev–Trinajstić information content (AvgIpc) is 3.42. The van der Waals surface area contributed by atoms with Crippen LogP contribution in [0.5, 0.6) is 0 Å². The molecule has 2 heterocycles. The van der Waals surface area contributed by atoms with Gasteiger partial charge in [0.05, 0.1) is 23.8 Å². The Labute approximate surface area is 168 Å². The van der Waals surface area contributed by atoms with Crippen LogP contribution in [-0.2, 0) is 20.9 Å². The second-order valence-electron chi connectivity index (χ2n) is 6.57. The summed E-state index contributed by atoms with van der Waals surface area (Å²) in [5, 5.41) is 5.09. The number of carbonyl (C=O) groups excluding carboxylic acids is 1. The molecular formula is C19H22Cl2N2O4. The number of ether oxygens (including phenoxy) is 2. The summed E-state index contributed by atoms with van der Waals surface area (Å²) in [4.78, 5) is 15.1. The molecule has 6 nitrogen and oxygen atoms in total. The molecule has 2 aromatic heterocycles. The first-order valence-corrected chi connectivity index (χ1v) is 9.79. The molecule has 0 bridgehead atoms. The maximum Gasteiger partial charge on any atom is 0.305 e. The normalized spacial score (nSPS) is 13.7. The zero-order valence-electron chi connectivity index (χ0n) is 15.2. The molecule has 146 valence electrons. The number of nitrogens with zero attached hydrogens (tertiary/aromatic N) is 2. The summed E-state index contributed by atoms with van der Waals surface area (Å²) in [6.45, 7) is 0.977. The van der Waals surface area contributed by atoms with E-state index in [9.17, 15) is 4.79 Å². The molecule has 0 aromatic carbocycles. The zero-order chi connectivity index (χ0) is 19.2. The van der Waals surface area contributed by atoms with Crippen molar-refractivity contribution < 1.29 is 18.8 Å². The van der Waals surface area contributed by atoms with Gasteiger partial charge in [-0.25, -0.2) is 0 Å². The lowest BCUT2D eigenvalue weighted by molar-refractivity contribution is -0.140. The Kier molecular flexibility index (Phi) is 7.10. The largest absolute Gasteiger partial charge is 0.469 e. The van der Waals surface area contributed by atoms with Crippen molar-refractivity contribution in [1.82, 2.24) is 10.1 Å². The number of rotatable bonds is 10. The first-order valence-electron chi connectivity index (χ1n) is 9.04. The van der Waals surface area contributed by atoms with Gasteiger partial charge >= 0.3 is 5.97 Å². The molecule has 0 unspecified atom stereocenters. The van der Waals surface area contributed by atoms with Crippen LogP contribution in [0.3, 0.4) is 0 Å². The lowest BCUT2D eigenvalue weighted by Gasteiger charge is -2.08. The molecule has 1 aliphatic carbocycles. The molecule has 0 atom stereocenters. The minimum absolute atomic E-state index is 0.176. The van der Waals surface area contributed by atoms with Crippen molar-refractivity contribution in [3.63, 3.8) is 0 Å². The first kappa shape index (κ1) is 20.1. The molecule has 0 amide bonds. The Bertz CT molecular complexity index is 770. The first-order chi connectivity index (χ1) is 13.1. The molecule has 8 heteroatoms. The van der Waals surface area contributed by atoms with Crippen LogP contribution < -0.4 is 0 Å². The van der Waals surface area contributed by atoms with E-state index in [-0.39, 0.29) is 5.97 Å². The van der Waals surface area contributed by atoms with Crippen molar-refractivity contribution in [2.24, 2.45) is 0 Å². The molecular weight excluding hydrogens is 391 g/mol. The van der Waals surface area contributed by atoms with Gasteiger partial charge in [-0.2, -0.15) is 0 Å². The van der Waals surface area contributed by atoms with Crippen LogP contribution in [0.4, 0.5) is 0 Å². The zero-order valence-corrected chi connectivity index (χ0v) is 16.7. The van der Waals surface area contributed by atoms with Crippen LogP contribution >= 0.6 is 23.2 Å². The minimum atomic E-state index is -0.176. The highest BCUT2D eigenvalue weighted by atomic mass is 35.5. The smallest absolute Gasteiger partial charge is 0.305 e. The Morgan fingerprint density at radius 2 is 1.96 bits per heavy atom. The number of aromatic nitrogens is 2. The lowest BCUT2D eigenvalue weighted by atomic mass is 10.1. The number of carbonyl (C=O) groups is 1. The molecule has 1 aliphatic rings. The molecule has 0 saturated heterocycles. The topological polar surface area (TPSA) is 74.5 Å². The fourth-order valence-corrected chi connectivity index (χ4v) is 3.43. The van der Waals surface area contributed by atoms with Crippen LogP contribution in [0.2, 0.25) is 10.0 Å². The van der Waals surface area contributed by atoms with E-state index in [1.807, 2.05) is 0 Å². The molecule has 3 rings (SSSR count). The number of pyridine rings is 1. The predicted octanol–water partition coefficient (Wildman–Crippen LogP) is 5.17. The molecule has 0 N–H and O–H groups in total. The van der Waals surface area contributed by atoms with Gasteiger partial charge in [0, 0.05) is 42.5 Å². The molecule has 0 radical (unpaired) electrons. The average molecular weight is 413 g/mol. The summed E-state index contributed by atoms with van der Waals surface area (Å²) in [5.41, 5.74) is 2.16. The summed E-state index contributed by atoms with van der Waals surface area (Å²) >= 11 is 12.6. The van der Waals surface area contributed by atoms with Gasteiger partial charge in [-0.1, -0.05) is 34.8 Å². The van der Waals surface area contributed by atoms with Crippen LogP contribution in [0, 0.1) is 0 Å². The predicted molar refractivity (Wildman–Crippen MR) is 102 cm³/mol. The van der Waals surface area contributed by atoms with Crippen LogP contribution in [0.15, 0.2) is 16.9 Å². The van der Waals surface area contributed by atoms with E-state index in [2.05, 4.69) is 14.9 Å². The molecule has 2 aromatic rings. The molecule has 0 aliphatic heterocycles. The molecule has 0 spiro atoms. The third-order valence-electron chi connectivity index (χ3n) is 4.50. The summed E-state index contributed by atoms with van der Waals surface area (Å²) in [5.74, 6) is 1.08. The second kappa shape index (κ2) is 9.53. The van der Waals surface area contributed by atoms with Gasteiger partial charge in [-0.15, -0.1) is 0 Å². The molecule has 1 fully saturated rings. The number of hydrogen-bond acceptors (Lipinski definition) is 6. The highest BCUT2D eigenvalue weighted by molar-refractivity contribution is 6.38. The van der Waals surface area contributed by atoms with Crippen LogP contribution in [-0.4, -0.2) is 29.8 Å². The van der Waals surface area contributed by atoms with Gasteiger partial charge in [0.15, 0.2) is 0 Å². The third-order valence-corrected chi connectivity index (χ3v) is 5.07. The van der Waals surface area contributed by atoms with E-state index in [0.717, 1.165) is 43.4 Å². The molecule has 1 saturated carbocycles. The number of methoxy groups -OCH3 is 1. The fourth-order valence-electron chi connectivity index (χ4n) is 2.89. The highest BCUT2D eigenvalue weighted by Crippen LogP contribution is 2.45. The van der Waals surface area contributed by atoms with Crippen molar-refractivity contribution >= 4 is 29.2 Å². The molecule has 27 heavy (non-hydrogen) atoms. The number of hydrogen-bond donors (Lipinski definition) is 0. The Morgan fingerprint density at radius 1 is 1.22 bits per heavy atom. The summed E-state index contributed by atoms with van der Waals surface area (Å²) in [6, 6.07) is 0. The van der Waals surface area contributed by atoms with Crippen molar-refractivity contribution in [2.45, 2.75) is 51.0 Å². The number of halogens is 2. The van der Waals surface area contributed by atoms with Crippen LogP contribution in [0.1, 0.15) is 55.8 Å². The van der Waals surface area contributed by atoms with Crippen LogP contribution in [0.25, 0.3) is 11.3 Å². The van der Waals surface area contributed by atoms with E-state index < -0.39 is 0 Å². The maximum absolute atomic E-state index is 11.1. The van der Waals surface area contributed by atoms with Gasteiger partial charge in [-0.05, 0) is 25.7 Å². The monoisotopic (exact) mass is 412 g/mol. The Balaban J connectivity index is 1.61. The van der Waals surface area contributed by atoms with Crippen molar-refractivity contribution in [3.05, 3.63) is 33.8 Å². The summed E-state index contributed by atoms with van der Waals surface area (Å²) in [6.07, 6.45) is 8.28. The minimum Gasteiger partial charge on any atom is -0.469 e. The Hall–Kier alpha value is -1.63. The van der Waals surface area contributed by atoms with E-state index in [1.54, 1.807) is 12.4 Å². The van der Waals surface area contributed by atoms with E-state index in [0.29, 0.717) is 46.9 Å². The van der Waals surface area contributed by atoms with Gasteiger partial charge in [0.2, 0.25) is 0 Å². The quantitative estimate of drug-likeness (QED) is 0.395. The summed E-state index contributed by atoms with van der Waals surface area (Å²) in [7, 11) is 1.40. The fraction of sp³-hybridized carbons (Fsp3) is 0.526. The second-order valence-corrected chi connectivity index (χ2v) is 7.38. The van der Waals surface area contributed by atoms with Crippen molar-refractivity contribution in [1.29, 1.82) is 0 Å². The van der Waals surface area contributed by atoms with E-state index >= 15 is 0 Å². The number of esters is 1. The summed E-state index contributed by atoms with van der Waals surface area (Å²) < 4.78 is 16.1. The van der Waals surface area contributed by atoms with Crippen molar-refractivity contribution in [3.8, 4) is 11.3 Å². The Morgan fingerprint density at radius 3 is 2.63 bits per heavy atom. The van der Waals surface area contributed by atoms with E-state index in [4.69, 9.17) is 32.5 Å². The van der Waals surface area contributed by atoms with Gasteiger partial charge in [0.1, 0.15) is 11.5 Å². The SMILES string of the molecule is COC(=O)CCCCCOCc1c(-c2c(Cl)cncc2Cl)noc1C1CC1. The van der Waals surface area contributed by atoms with Gasteiger partial charge < -0.3 is 14.0 Å². The lowest BCUT2D eigenvalue weighted by Crippen LogP contribution is -2.01. The third kappa shape index (κ3) is 5.21. The van der Waals surface area contributed by atoms with Gasteiger partial charge in [0.25, 0.3) is 0 Å². The standard InChI is InChI=1S/C19H22Cl2N2O4/c1-25-16(24)5-3-2-4-8-26-11-13-18(23-27-19(13)12-6-7-12)17-14(20)9-22-10-15(17)21/h9-10,12H,2-8,11H2,1H3. The maximum atomic E-state index is 11.1. The number of unbranched alkanes of at least 4 members (excludes halogenated alkanes) is 2. The van der Waals surface area contributed by atoms with Gasteiger partial charge in [-0.3, -0.25) is 9.78 Å². The van der Waals surface area contributed by atoms with E-state index in [1.165, 1.54) is 7.11 Å². The highest BCUT2D eigenvalue weighted by Gasteiger charge is 2.33.